The van der Waals surface area contributed by atoms with E-state index >= 15 is 0 Å². The molecule has 0 radical (unpaired) electrons. The van der Waals surface area contributed by atoms with Crippen molar-refractivity contribution in [3.63, 3.8) is 0 Å². The molecule has 0 heterocycles. The number of alkyl halides is 3. The molecule has 0 bridgehead atoms. The van der Waals surface area contributed by atoms with Gasteiger partial charge in [0.25, 0.3) is 0 Å². The highest BCUT2D eigenvalue weighted by molar-refractivity contribution is 5.98. The molecule has 1 aliphatic rings. The maximum absolute atomic E-state index is 13.5. The highest BCUT2D eigenvalue weighted by Crippen LogP contribution is 2.36. The second-order valence-electron chi connectivity index (χ2n) is 6.96. The van der Waals surface area contributed by atoms with Crippen molar-refractivity contribution in [2.75, 3.05) is 0 Å². The summed E-state index contributed by atoms with van der Waals surface area (Å²) in [6.07, 6.45) is -0.120. The number of rotatable bonds is 7. The van der Waals surface area contributed by atoms with Crippen molar-refractivity contribution in [2.24, 2.45) is 0 Å². The van der Waals surface area contributed by atoms with E-state index in [0.717, 1.165) is 19.3 Å². The van der Waals surface area contributed by atoms with Crippen LogP contribution in [0.25, 0.3) is 0 Å². The second-order valence-corrected chi connectivity index (χ2v) is 6.96. The molecule has 0 atom stereocenters. The molecule has 1 N–H and O–H groups in total. The molecule has 2 nitrogen and oxygen atoms in total. The van der Waals surface area contributed by atoms with Gasteiger partial charge in [0, 0.05) is 24.1 Å². The lowest BCUT2D eigenvalue weighted by atomic mass is 9.78. The number of benzene rings is 1. The Morgan fingerprint density at radius 3 is 2.38 bits per heavy atom. The minimum Gasteiger partial charge on any atom is -0.307 e. The number of carbonyl (C=O) groups excluding carboxylic acids is 1. The van der Waals surface area contributed by atoms with Crippen molar-refractivity contribution < 1.29 is 18.0 Å². The van der Waals surface area contributed by atoms with Crippen LogP contribution in [-0.4, -0.2) is 11.3 Å². The van der Waals surface area contributed by atoms with E-state index in [4.69, 9.17) is 0 Å². The van der Waals surface area contributed by atoms with Gasteiger partial charge in [-0.3, -0.25) is 4.79 Å². The van der Waals surface area contributed by atoms with Crippen LogP contribution < -0.4 is 5.32 Å². The zero-order valence-corrected chi connectivity index (χ0v) is 14.6. The summed E-state index contributed by atoms with van der Waals surface area (Å²) in [4.78, 5) is 12.3. The van der Waals surface area contributed by atoms with Gasteiger partial charge < -0.3 is 5.32 Å². The molecule has 0 unspecified atom stereocenters. The molecule has 134 valence electrons. The lowest BCUT2D eigenvalue weighted by molar-refractivity contribution is -0.138. The number of carbonyl (C=O) groups is 1. The minimum atomic E-state index is -4.44. The Morgan fingerprint density at radius 2 is 1.92 bits per heavy atom. The molecule has 1 saturated carbocycles. The molecule has 1 aromatic rings. The van der Waals surface area contributed by atoms with Gasteiger partial charge in [-0.15, -0.1) is 0 Å². The fraction of sp³-hybridized carbons (Fsp3) is 0.632. The van der Waals surface area contributed by atoms with E-state index < -0.39 is 11.7 Å². The first kappa shape index (κ1) is 19.0. The maximum Gasteiger partial charge on any atom is 0.416 e. The summed E-state index contributed by atoms with van der Waals surface area (Å²) in [5.41, 5.74) is 0.244. The first-order valence-electron chi connectivity index (χ1n) is 8.71. The first-order valence-corrected chi connectivity index (χ1v) is 8.71. The molecule has 1 aliphatic carbocycles. The van der Waals surface area contributed by atoms with Crippen LogP contribution in [-0.2, 0) is 19.1 Å². The molecule has 0 spiro atoms. The highest BCUT2D eigenvalue weighted by Gasteiger charge is 2.36. The summed E-state index contributed by atoms with van der Waals surface area (Å²) in [6.45, 7) is 5.97. The van der Waals surface area contributed by atoms with E-state index in [1.54, 1.807) is 13.0 Å². The normalized spacial score (nSPS) is 16.8. The molecule has 0 aromatic heterocycles. The summed E-state index contributed by atoms with van der Waals surface area (Å²) in [5.74, 6) is -0.198. The minimum absolute atomic E-state index is 0.00934. The summed E-state index contributed by atoms with van der Waals surface area (Å²) >= 11 is 0. The number of hydrogen-bond donors (Lipinski definition) is 1. The Morgan fingerprint density at radius 1 is 1.25 bits per heavy atom. The van der Waals surface area contributed by atoms with E-state index in [0.29, 0.717) is 18.5 Å². The van der Waals surface area contributed by atoms with Crippen LogP contribution in [0.4, 0.5) is 13.2 Å². The molecule has 1 fully saturated rings. The average molecular weight is 341 g/mol. The zero-order valence-electron chi connectivity index (χ0n) is 14.6. The molecule has 1 aromatic carbocycles. The monoisotopic (exact) mass is 341 g/mol. The van der Waals surface area contributed by atoms with Crippen LogP contribution >= 0.6 is 0 Å². The van der Waals surface area contributed by atoms with E-state index in [1.165, 1.54) is 6.07 Å². The van der Waals surface area contributed by atoms with Gasteiger partial charge in [-0.1, -0.05) is 13.8 Å². The topological polar surface area (TPSA) is 29.1 Å². The molecule has 0 aliphatic heterocycles. The van der Waals surface area contributed by atoms with Crippen molar-refractivity contribution in [1.82, 2.24) is 5.32 Å². The van der Waals surface area contributed by atoms with Gasteiger partial charge >= 0.3 is 6.18 Å². The van der Waals surface area contributed by atoms with Crippen molar-refractivity contribution in [2.45, 2.75) is 77.6 Å². The molecule has 24 heavy (non-hydrogen) atoms. The van der Waals surface area contributed by atoms with Crippen LogP contribution in [0.1, 0.15) is 79.9 Å². The quantitative estimate of drug-likeness (QED) is 0.683. The molecule has 0 amide bonds. The van der Waals surface area contributed by atoms with Crippen molar-refractivity contribution >= 4 is 5.78 Å². The summed E-state index contributed by atoms with van der Waals surface area (Å²) in [5, 5.41) is 3.35. The Labute approximate surface area is 141 Å². The number of ketones is 1. The third-order valence-electron chi connectivity index (χ3n) is 4.92. The third-order valence-corrected chi connectivity index (χ3v) is 4.92. The smallest absolute Gasteiger partial charge is 0.307 e. The predicted molar refractivity (Wildman–Crippen MR) is 89.2 cm³/mol. The van der Waals surface area contributed by atoms with Crippen LogP contribution in [0, 0.1) is 0 Å². The Kier molecular flexibility index (Phi) is 5.74. The van der Waals surface area contributed by atoms with Gasteiger partial charge in [-0.25, -0.2) is 0 Å². The van der Waals surface area contributed by atoms with Gasteiger partial charge in [-0.05, 0) is 62.3 Å². The van der Waals surface area contributed by atoms with Gasteiger partial charge in [-0.2, -0.15) is 13.2 Å². The number of halogens is 3. The van der Waals surface area contributed by atoms with Gasteiger partial charge in [0.15, 0.2) is 5.78 Å². The molecule has 2 rings (SSSR count). The van der Waals surface area contributed by atoms with E-state index in [1.807, 2.05) is 6.92 Å². The van der Waals surface area contributed by atoms with Gasteiger partial charge in [0.1, 0.15) is 0 Å². The van der Waals surface area contributed by atoms with E-state index in [9.17, 15) is 18.0 Å². The zero-order chi connectivity index (χ0) is 18.0. The molecular weight excluding hydrogens is 315 g/mol. The second kappa shape index (κ2) is 7.26. The lowest BCUT2D eigenvalue weighted by Gasteiger charge is -2.39. The van der Waals surface area contributed by atoms with E-state index in [2.05, 4.69) is 12.2 Å². The summed E-state index contributed by atoms with van der Waals surface area (Å²) in [6, 6.07) is 2.86. The number of hydrogen-bond acceptors (Lipinski definition) is 2. The summed E-state index contributed by atoms with van der Waals surface area (Å²) in [7, 11) is 0. The Bertz CT molecular complexity index is 603. The van der Waals surface area contributed by atoms with Crippen LogP contribution in [0.15, 0.2) is 12.1 Å². The summed E-state index contributed by atoms with van der Waals surface area (Å²) < 4.78 is 40.4. The van der Waals surface area contributed by atoms with Crippen LogP contribution in [0.3, 0.4) is 0 Å². The lowest BCUT2D eigenvalue weighted by Crippen LogP contribution is -2.47. The standard InChI is InChI=1S/C19H26F3NO/c1-4-7-17(24)15-10-13(12-23-18(3)8-6-9-18)11-16(14(15)5-2)19(20,21)22/h10-11,23H,4-9,12H2,1-3H3. The molecular formula is C19H26F3NO. The first-order chi connectivity index (χ1) is 11.2. The van der Waals surface area contributed by atoms with Gasteiger partial charge in [0.2, 0.25) is 0 Å². The van der Waals surface area contributed by atoms with E-state index in [-0.39, 0.29) is 35.3 Å². The largest absolute Gasteiger partial charge is 0.416 e. The Balaban J connectivity index is 2.39. The van der Waals surface area contributed by atoms with Crippen molar-refractivity contribution in [3.05, 3.63) is 34.4 Å². The maximum atomic E-state index is 13.5. The highest BCUT2D eigenvalue weighted by atomic mass is 19.4. The SMILES string of the molecule is CCCC(=O)c1cc(CNC2(C)CCC2)cc(C(F)(F)F)c1CC. The fourth-order valence-electron chi connectivity index (χ4n) is 3.28. The van der Waals surface area contributed by atoms with Gasteiger partial charge in [0.05, 0.1) is 5.56 Å². The van der Waals surface area contributed by atoms with Crippen molar-refractivity contribution in [3.8, 4) is 0 Å². The number of nitrogens with one attached hydrogen (secondary N) is 1. The van der Waals surface area contributed by atoms with Crippen molar-refractivity contribution in [1.29, 1.82) is 0 Å². The predicted octanol–water partition coefficient (Wildman–Crippen LogP) is 5.28. The molecule has 5 heteroatoms. The van der Waals surface area contributed by atoms with Crippen LogP contribution in [0.2, 0.25) is 0 Å². The van der Waals surface area contributed by atoms with Crippen LogP contribution in [0.5, 0.6) is 0 Å². The fourth-order valence-corrected chi connectivity index (χ4v) is 3.28. The Hall–Kier alpha value is -1.36. The number of Topliss-reactive ketones (excluding diaryl/α,β-unsaturated/α-hetero) is 1. The average Bonchev–Trinajstić information content (AvgIpc) is 2.49. The molecule has 0 saturated heterocycles. The third kappa shape index (κ3) is 4.18.